The number of nitrogens with one attached hydrogen (secondary N) is 1. The zero-order valence-corrected chi connectivity index (χ0v) is 19.4. The van der Waals surface area contributed by atoms with E-state index in [1.165, 1.54) is 6.07 Å². The summed E-state index contributed by atoms with van der Waals surface area (Å²) in [6, 6.07) is 4.99. The van der Waals surface area contributed by atoms with Crippen molar-refractivity contribution >= 4 is 17.8 Å². The molecule has 9 nitrogen and oxygen atoms in total. The van der Waals surface area contributed by atoms with Gasteiger partial charge in [-0.2, -0.15) is 13.2 Å². The van der Waals surface area contributed by atoms with Gasteiger partial charge in [-0.05, 0) is 12.1 Å². The Kier molecular flexibility index (Phi) is 8.76. The number of carboxylic acid groups (broad SMARTS) is 1. The van der Waals surface area contributed by atoms with Gasteiger partial charge in [0.1, 0.15) is 17.3 Å². The largest absolute Gasteiger partial charge is 0.490 e. The number of carbonyl (C=O) groups excluding carboxylic acids is 1. The maximum absolute atomic E-state index is 13.8. The number of hydrogen-bond donors (Lipinski definition) is 2. The van der Waals surface area contributed by atoms with Crippen molar-refractivity contribution in [2.45, 2.75) is 12.7 Å². The van der Waals surface area contributed by atoms with Crippen LogP contribution in [0.25, 0.3) is 11.1 Å². The van der Waals surface area contributed by atoms with E-state index in [2.05, 4.69) is 20.2 Å². The maximum Gasteiger partial charge on any atom is 0.490 e. The molecule has 0 unspecified atom stereocenters. The van der Waals surface area contributed by atoms with Crippen LogP contribution in [0, 0.1) is 11.6 Å². The summed E-state index contributed by atoms with van der Waals surface area (Å²) >= 11 is 0. The van der Waals surface area contributed by atoms with Crippen LogP contribution in [0.2, 0.25) is 0 Å². The molecule has 198 valence electrons. The zero-order chi connectivity index (χ0) is 27.2. The summed E-state index contributed by atoms with van der Waals surface area (Å²) in [5.41, 5.74) is 2.20. The van der Waals surface area contributed by atoms with Crippen molar-refractivity contribution in [3.05, 3.63) is 65.7 Å². The third kappa shape index (κ3) is 7.46. The van der Waals surface area contributed by atoms with E-state index in [4.69, 9.17) is 14.6 Å². The molecule has 0 radical (unpaired) electrons. The second-order valence-electron chi connectivity index (χ2n) is 7.82. The molecule has 2 aromatic heterocycles. The Morgan fingerprint density at radius 1 is 1.08 bits per heavy atom. The van der Waals surface area contributed by atoms with Crippen molar-refractivity contribution in [3.63, 3.8) is 0 Å². The molecule has 0 aliphatic carbocycles. The van der Waals surface area contributed by atoms with Gasteiger partial charge in [0.05, 0.1) is 13.2 Å². The Bertz CT molecular complexity index is 1240. The molecule has 1 fully saturated rings. The molecule has 2 N–H and O–H groups in total. The van der Waals surface area contributed by atoms with Gasteiger partial charge in [0.25, 0.3) is 5.91 Å². The molecule has 0 saturated carbocycles. The van der Waals surface area contributed by atoms with Crippen molar-refractivity contribution in [2.75, 3.05) is 31.2 Å². The zero-order valence-electron chi connectivity index (χ0n) is 19.4. The second kappa shape index (κ2) is 11.8. The van der Waals surface area contributed by atoms with Crippen LogP contribution in [-0.2, 0) is 23.1 Å². The molecule has 1 aliphatic rings. The lowest BCUT2D eigenvalue weighted by Gasteiger charge is -2.26. The standard InChI is InChI=1S/C21H21F2N5O2.C2HF3O2/c1-27-13-15(16-11-25-21(26-12-16)28-4-6-30-7-5-28)8-19(27)20(29)24-10-14-2-3-17(22)9-18(14)23;3-2(4,5)1(6)7/h2-3,8-9,11-13H,4-7,10H2,1H3,(H,24,29);(H,6,7). The molecular weight excluding hydrogens is 505 g/mol. The number of aromatic nitrogens is 3. The Hall–Kier alpha value is -4.07. The number of carbonyl (C=O) groups is 2. The number of morpholine rings is 1. The summed E-state index contributed by atoms with van der Waals surface area (Å²) < 4.78 is 65.5. The Labute approximate surface area is 207 Å². The molecule has 3 heterocycles. The molecular formula is C23H22F5N5O4. The SMILES string of the molecule is Cn1cc(-c2cnc(N3CCOCC3)nc2)cc1C(=O)NCc1ccc(F)cc1F.O=C(O)C(F)(F)F. The predicted molar refractivity (Wildman–Crippen MR) is 121 cm³/mol. The van der Waals surface area contributed by atoms with Gasteiger partial charge >= 0.3 is 12.1 Å². The van der Waals surface area contributed by atoms with E-state index in [0.717, 1.165) is 36.3 Å². The number of benzene rings is 1. The predicted octanol–water partition coefficient (Wildman–Crippen LogP) is 3.16. The van der Waals surface area contributed by atoms with Crippen molar-refractivity contribution in [1.82, 2.24) is 19.9 Å². The topological polar surface area (TPSA) is 110 Å². The fourth-order valence-corrected chi connectivity index (χ4v) is 3.28. The van der Waals surface area contributed by atoms with E-state index < -0.39 is 23.8 Å². The third-order valence-corrected chi connectivity index (χ3v) is 5.20. The highest BCUT2D eigenvalue weighted by Gasteiger charge is 2.38. The highest BCUT2D eigenvalue weighted by atomic mass is 19.4. The van der Waals surface area contributed by atoms with Crippen LogP contribution >= 0.6 is 0 Å². The first kappa shape index (κ1) is 27.5. The minimum Gasteiger partial charge on any atom is -0.475 e. The van der Waals surface area contributed by atoms with E-state index in [-0.39, 0.29) is 18.0 Å². The highest BCUT2D eigenvalue weighted by Crippen LogP contribution is 2.22. The van der Waals surface area contributed by atoms with Crippen LogP contribution < -0.4 is 10.2 Å². The summed E-state index contributed by atoms with van der Waals surface area (Å²) in [5, 5.41) is 9.79. The van der Waals surface area contributed by atoms with Crippen LogP contribution in [0.1, 0.15) is 16.1 Å². The summed E-state index contributed by atoms with van der Waals surface area (Å²) in [4.78, 5) is 32.4. The molecule has 37 heavy (non-hydrogen) atoms. The first-order chi connectivity index (χ1) is 17.5. The normalized spacial score (nSPS) is 13.5. The van der Waals surface area contributed by atoms with Crippen molar-refractivity contribution < 1.29 is 41.4 Å². The van der Waals surface area contributed by atoms with E-state index >= 15 is 0 Å². The summed E-state index contributed by atoms with van der Waals surface area (Å²) in [5.74, 6) is -3.82. The molecule has 1 amide bonds. The van der Waals surface area contributed by atoms with Crippen LogP contribution in [-0.4, -0.2) is 64.0 Å². The van der Waals surface area contributed by atoms with E-state index in [1.807, 2.05) is 0 Å². The minimum absolute atomic E-state index is 0.0389. The third-order valence-electron chi connectivity index (χ3n) is 5.20. The van der Waals surface area contributed by atoms with Gasteiger partial charge in [-0.1, -0.05) is 6.07 Å². The average molecular weight is 527 g/mol. The summed E-state index contributed by atoms with van der Waals surface area (Å²) in [6.45, 7) is 2.78. The number of rotatable bonds is 5. The van der Waals surface area contributed by atoms with Gasteiger partial charge in [0.15, 0.2) is 0 Å². The minimum atomic E-state index is -5.08. The molecule has 14 heteroatoms. The van der Waals surface area contributed by atoms with Crippen molar-refractivity contribution in [3.8, 4) is 11.1 Å². The van der Waals surface area contributed by atoms with E-state index in [0.29, 0.717) is 24.9 Å². The molecule has 1 aliphatic heterocycles. The van der Waals surface area contributed by atoms with Gasteiger partial charge in [-0.25, -0.2) is 23.5 Å². The summed E-state index contributed by atoms with van der Waals surface area (Å²) in [7, 11) is 1.75. The number of alkyl halides is 3. The lowest BCUT2D eigenvalue weighted by Crippen LogP contribution is -2.37. The molecule has 0 bridgehead atoms. The van der Waals surface area contributed by atoms with E-state index in [1.54, 1.807) is 36.3 Å². The van der Waals surface area contributed by atoms with Crippen LogP contribution in [0.5, 0.6) is 0 Å². The number of amides is 1. The maximum atomic E-state index is 13.8. The van der Waals surface area contributed by atoms with Gasteiger partial charge in [-0.15, -0.1) is 0 Å². The number of nitrogens with zero attached hydrogens (tertiary/aromatic N) is 4. The quantitative estimate of drug-likeness (QED) is 0.491. The smallest absolute Gasteiger partial charge is 0.475 e. The monoisotopic (exact) mass is 527 g/mol. The van der Waals surface area contributed by atoms with Gasteiger partial charge < -0.3 is 24.6 Å². The number of anilines is 1. The fourth-order valence-electron chi connectivity index (χ4n) is 3.28. The molecule has 4 rings (SSSR count). The Balaban J connectivity index is 0.000000479. The lowest BCUT2D eigenvalue weighted by atomic mass is 10.2. The number of carboxylic acids is 1. The fraction of sp³-hybridized carbons (Fsp3) is 0.304. The summed E-state index contributed by atoms with van der Waals surface area (Å²) in [6.07, 6.45) is 0.173. The molecule has 0 atom stereocenters. The molecule has 0 spiro atoms. The number of ether oxygens (including phenoxy) is 1. The number of aliphatic carboxylic acids is 1. The number of halogens is 5. The molecule has 3 aromatic rings. The molecule has 1 saturated heterocycles. The average Bonchev–Trinajstić information content (AvgIpc) is 3.25. The van der Waals surface area contributed by atoms with Gasteiger partial charge in [0.2, 0.25) is 5.95 Å². The van der Waals surface area contributed by atoms with Gasteiger partial charge in [-0.3, -0.25) is 4.79 Å². The van der Waals surface area contributed by atoms with Gasteiger partial charge in [0, 0.05) is 68.0 Å². The molecule has 1 aromatic carbocycles. The first-order valence-corrected chi connectivity index (χ1v) is 10.8. The lowest BCUT2D eigenvalue weighted by molar-refractivity contribution is -0.192. The Morgan fingerprint density at radius 2 is 1.70 bits per heavy atom. The second-order valence-corrected chi connectivity index (χ2v) is 7.82. The number of aryl methyl sites for hydroxylation is 1. The highest BCUT2D eigenvalue weighted by molar-refractivity contribution is 5.94. The van der Waals surface area contributed by atoms with E-state index in [9.17, 15) is 26.7 Å². The first-order valence-electron chi connectivity index (χ1n) is 10.8. The number of hydrogen-bond acceptors (Lipinski definition) is 6. The van der Waals surface area contributed by atoms with Crippen molar-refractivity contribution in [1.29, 1.82) is 0 Å². The van der Waals surface area contributed by atoms with Crippen LogP contribution in [0.3, 0.4) is 0 Å². The van der Waals surface area contributed by atoms with Crippen LogP contribution in [0.15, 0.2) is 42.9 Å². The Morgan fingerprint density at radius 3 is 2.27 bits per heavy atom. The van der Waals surface area contributed by atoms with Crippen molar-refractivity contribution in [2.24, 2.45) is 7.05 Å². The van der Waals surface area contributed by atoms with Crippen LogP contribution in [0.4, 0.5) is 27.9 Å².